The first-order valence-electron chi connectivity index (χ1n) is 11.2. The number of carbonyl (C=O) groups excluding carboxylic acids is 1. The van der Waals surface area contributed by atoms with E-state index in [0.717, 1.165) is 36.4 Å². The molecule has 3 aromatic heterocycles. The van der Waals surface area contributed by atoms with Crippen molar-refractivity contribution in [1.82, 2.24) is 29.2 Å². The molecule has 2 aliphatic heterocycles. The Kier molecular flexibility index (Phi) is 4.53. The number of likely N-dealkylation sites (tertiary alicyclic amines) is 1. The van der Waals surface area contributed by atoms with Crippen LogP contribution in [-0.2, 0) is 24.9 Å². The van der Waals surface area contributed by atoms with Gasteiger partial charge in [0, 0.05) is 56.3 Å². The Bertz CT molecular complexity index is 1390. The number of rotatable bonds is 4. The lowest BCUT2D eigenvalue weighted by atomic mass is 9.91. The molecule has 1 saturated heterocycles. The Morgan fingerprint density at radius 1 is 1.33 bits per heavy atom. The Hall–Kier alpha value is -3.94. The third-order valence-electron chi connectivity index (χ3n) is 6.86. The van der Waals surface area contributed by atoms with Crippen molar-refractivity contribution < 1.29 is 4.79 Å². The van der Waals surface area contributed by atoms with Gasteiger partial charge in [0.05, 0.1) is 11.9 Å². The molecular weight excluding hydrogens is 414 g/mol. The van der Waals surface area contributed by atoms with Crippen LogP contribution in [0.4, 0.5) is 5.82 Å². The summed E-state index contributed by atoms with van der Waals surface area (Å²) >= 11 is 0. The molecule has 4 aromatic rings. The van der Waals surface area contributed by atoms with Gasteiger partial charge in [0.15, 0.2) is 0 Å². The lowest BCUT2D eigenvalue weighted by molar-refractivity contribution is -0.125. The van der Waals surface area contributed by atoms with Gasteiger partial charge in [-0.25, -0.2) is 9.97 Å². The van der Waals surface area contributed by atoms with Crippen molar-refractivity contribution in [3.05, 3.63) is 72.5 Å². The molecule has 5 heterocycles. The van der Waals surface area contributed by atoms with Crippen molar-refractivity contribution in [2.24, 2.45) is 7.05 Å². The lowest BCUT2D eigenvalue weighted by Crippen LogP contribution is -2.26. The normalized spacial score (nSPS) is 17.0. The minimum atomic E-state index is -0.00654. The van der Waals surface area contributed by atoms with Gasteiger partial charge in [-0.1, -0.05) is 24.8 Å². The molecule has 2 aliphatic rings. The standard InChI is InChI=1S/C25H25N7O/c1-3-20(33)31-10-7-17(14-31)23-21-19-6-5-16(13-32-9-4-8-29-32)11-18(19)12-26-24-22(21)25(30(23)2)28-15-27-24/h3-6,8-9,11,15,17H,1,7,10,12-14H2,2H3,(H,26,27,28). The van der Waals surface area contributed by atoms with Gasteiger partial charge in [-0.05, 0) is 35.3 Å². The molecule has 0 aliphatic carbocycles. The highest BCUT2D eigenvalue weighted by atomic mass is 16.2. The van der Waals surface area contributed by atoms with Crippen molar-refractivity contribution in [2.45, 2.75) is 25.4 Å². The fourth-order valence-corrected chi connectivity index (χ4v) is 5.36. The predicted molar refractivity (Wildman–Crippen MR) is 127 cm³/mol. The number of benzene rings is 1. The minimum Gasteiger partial charge on any atom is -0.365 e. The van der Waals surface area contributed by atoms with Gasteiger partial charge in [-0.15, -0.1) is 0 Å². The minimum absolute atomic E-state index is 0.00654. The van der Waals surface area contributed by atoms with Crippen LogP contribution in [0.3, 0.4) is 0 Å². The number of carbonyl (C=O) groups is 1. The summed E-state index contributed by atoms with van der Waals surface area (Å²) in [5, 5.41) is 8.94. The van der Waals surface area contributed by atoms with E-state index in [0.29, 0.717) is 13.1 Å². The van der Waals surface area contributed by atoms with Gasteiger partial charge >= 0.3 is 0 Å². The molecule has 166 valence electrons. The molecular formula is C25H25N7O. The third-order valence-corrected chi connectivity index (χ3v) is 6.86. The summed E-state index contributed by atoms with van der Waals surface area (Å²) in [5.74, 6) is 1.08. The van der Waals surface area contributed by atoms with Gasteiger partial charge < -0.3 is 14.8 Å². The fraction of sp³-hybridized carbons (Fsp3) is 0.280. The zero-order valence-corrected chi connectivity index (χ0v) is 18.5. The van der Waals surface area contributed by atoms with E-state index in [4.69, 9.17) is 0 Å². The van der Waals surface area contributed by atoms with E-state index in [1.54, 1.807) is 12.5 Å². The average Bonchev–Trinajstić information content (AvgIpc) is 3.55. The molecule has 8 nitrogen and oxygen atoms in total. The number of hydrogen-bond acceptors (Lipinski definition) is 5. The molecule has 33 heavy (non-hydrogen) atoms. The maximum atomic E-state index is 12.3. The molecule has 0 saturated carbocycles. The van der Waals surface area contributed by atoms with Crippen LogP contribution in [0.25, 0.3) is 22.2 Å². The van der Waals surface area contributed by atoms with Gasteiger partial charge in [-0.2, -0.15) is 5.10 Å². The number of aryl methyl sites for hydroxylation is 1. The van der Waals surface area contributed by atoms with Crippen molar-refractivity contribution in [2.75, 3.05) is 18.4 Å². The first-order chi connectivity index (χ1) is 16.1. The second kappa shape index (κ2) is 7.58. The Morgan fingerprint density at radius 3 is 3.06 bits per heavy atom. The molecule has 1 amide bonds. The largest absolute Gasteiger partial charge is 0.365 e. The van der Waals surface area contributed by atoms with E-state index in [2.05, 4.69) is 56.8 Å². The fourth-order valence-electron chi connectivity index (χ4n) is 5.36. The molecule has 8 heteroatoms. The van der Waals surface area contributed by atoms with E-state index in [1.807, 2.05) is 21.8 Å². The van der Waals surface area contributed by atoms with E-state index < -0.39 is 0 Å². The summed E-state index contributed by atoms with van der Waals surface area (Å²) in [6.45, 7) is 6.50. The van der Waals surface area contributed by atoms with Crippen LogP contribution in [0, 0.1) is 0 Å². The van der Waals surface area contributed by atoms with Crippen LogP contribution in [0.15, 0.2) is 55.6 Å². The summed E-state index contributed by atoms with van der Waals surface area (Å²) in [7, 11) is 2.07. The summed E-state index contributed by atoms with van der Waals surface area (Å²) in [5.41, 5.74) is 6.95. The molecule has 1 atom stereocenters. The van der Waals surface area contributed by atoms with Gasteiger partial charge in [0.2, 0.25) is 5.91 Å². The van der Waals surface area contributed by atoms with E-state index in [-0.39, 0.29) is 11.8 Å². The maximum Gasteiger partial charge on any atom is 0.245 e. The monoisotopic (exact) mass is 439 g/mol. The molecule has 1 fully saturated rings. The van der Waals surface area contributed by atoms with E-state index in [1.165, 1.54) is 34.0 Å². The molecule has 1 unspecified atom stereocenters. The van der Waals surface area contributed by atoms with Crippen LogP contribution in [0.1, 0.15) is 29.2 Å². The molecule has 1 N–H and O–H groups in total. The smallest absolute Gasteiger partial charge is 0.245 e. The molecule has 1 aromatic carbocycles. The highest BCUT2D eigenvalue weighted by Crippen LogP contribution is 2.45. The lowest BCUT2D eigenvalue weighted by Gasteiger charge is -2.18. The number of anilines is 1. The zero-order chi connectivity index (χ0) is 22.5. The van der Waals surface area contributed by atoms with Crippen LogP contribution < -0.4 is 5.32 Å². The summed E-state index contributed by atoms with van der Waals surface area (Å²) in [4.78, 5) is 23.3. The first kappa shape index (κ1) is 19.7. The zero-order valence-electron chi connectivity index (χ0n) is 18.5. The molecule has 0 bridgehead atoms. The highest BCUT2D eigenvalue weighted by Gasteiger charge is 2.34. The quantitative estimate of drug-likeness (QED) is 0.494. The number of amides is 1. The van der Waals surface area contributed by atoms with Crippen molar-refractivity contribution >= 4 is 22.8 Å². The summed E-state index contributed by atoms with van der Waals surface area (Å²) in [6.07, 6.45) is 7.72. The number of aromatic nitrogens is 5. The summed E-state index contributed by atoms with van der Waals surface area (Å²) < 4.78 is 4.12. The topological polar surface area (TPSA) is 80.9 Å². The van der Waals surface area contributed by atoms with Crippen LogP contribution in [0.2, 0.25) is 0 Å². The van der Waals surface area contributed by atoms with Crippen LogP contribution >= 0.6 is 0 Å². The second-order valence-corrected chi connectivity index (χ2v) is 8.76. The predicted octanol–water partition coefficient (Wildman–Crippen LogP) is 3.31. The number of hydrogen-bond donors (Lipinski definition) is 1. The summed E-state index contributed by atoms with van der Waals surface area (Å²) in [6, 6.07) is 8.60. The van der Waals surface area contributed by atoms with Gasteiger partial charge in [0.1, 0.15) is 17.8 Å². The Labute approximate surface area is 191 Å². The first-order valence-corrected chi connectivity index (χ1v) is 11.2. The van der Waals surface area contributed by atoms with Crippen molar-refractivity contribution in [3.63, 3.8) is 0 Å². The van der Waals surface area contributed by atoms with E-state index >= 15 is 0 Å². The van der Waals surface area contributed by atoms with Crippen molar-refractivity contribution in [1.29, 1.82) is 0 Å². The highest BCUT2D eigenvalue weighted by molar-refractivity contribution is 6.04. The Morgan fingerprint density at radius 2 is 2.24 bits per heavy atom. The SMILES string of the molecule is C=CC(=O)N1CCC(c2c3c4c(ncnc4n2C)NCc2cc(Cn4cccn4)ccc2-3)C1. The second-order valence-electron chi connectivity index (χ2n) is 8.76. The maximum absolute atomic E-state index is 12.3. The van der Waals surface area contributed by atoms with Crippen molar-refractivity contribution in [3.8, 4) is 11.1 Å². The molecule has 6 rings (SSSR count). The Balaban J connectivity index is 1.50. The molecule has 0 radical (unpaired) electrons. The van der Waals surface area contributed by atoms with Gasteiger partial charge in [-0.3, -0.25) is 9.48 Å². The van der Waals surface area contributed by atoms with Crippen LogP contribution in [0.5, 0.6) is 0 Å². The number of fused-ring (bicyclic) bond motifs is 2. The average molecular weight is 440 g/mol. The third kappa shape index (κ3) is 3.13. The van der Waals surface area contributed by atoms with Gasteiger partial charge in [0.25, 0.3) is 0 Å². The number of nitrogens with one attached hydrogen (secondary N) is 1. The van der Waals surface area contributed by atoms with Crippen LogP contribution in [-0.4, -0.2) is 48.2 Å². The number of nitrogens with zero attached hydrogens (tertiary/aromatic N) is 6. The molecule has 0 spiro atoms. The van der Waals surface area contributed by atoms with E-state index in [9.17, 15) is 4.79 Å².